The van der Waals surface area contributed by atoms with Gasteiger partial charge in [0.05, 0.1) is 5.56 Å². The number of carbonyl (C=O) groups is 1. The summed E-state index contributed by atoms with van der Waals surface area (Å²) in [6.07, 6.45) is -4.84. The fourth-order valence-electron chi connectivity index (χ4n) is 1.41. The highest BCUT2D eigenvalue weighted by molar-refractivity contribution is 5.67. The topological polar surface area (TPSA) is 37.3 Å². The molecule has 0 aliphatic heterocycles. The van der Waals surface area contributed by atoms with Crippen molar-refractivity contribution >= 4 is 5.97 Å². The number of aliphatic carboxylic acids is 1. The summed E-state index contributed by atoms with van der Waals surface area (Å²) in [4.78, 5) is 10.3. The highest BCUT2D eigenvalue weighted by atomic mass is 19.4. The van der Waals surface area contributed by atoms with Crippen LogP contribution in [0.3, 0.4) is 0 Å². The number of alkyl halides is 3. The van der Waals surface area contributed by atoms with Gasteiger partial charge in [0.1, 0.15) is 0 Å². The first-order valence-corrected chi connectivity index (χ1v) is 4.69. The zero-order valence-electron chi connectivity index (χ0n) is 8.64. The lowest BCUT2D eigenvalue weighted by atomic mass is 10.00. The standard InChI is InChI=1S/C11H11F3O2/c1-7-2-3-8(4-5-10(15)16)9(6-7)11(12,13)14/h2-3,6H,4-5H2,1H3,(H,15,16). The second-order valence-electron chi connectivity index (χ2n) is 3.55. The normalized spacial score (nSPS) is 11.5. The number of carboxylic acid groups (broad SMARTS) is 1. The average Bonchev–Trinajstić information content (AvgIpc) is 2.14. The summed E-state index contributed by atoms with van der Waals surface area (Å²) in [5.41, 5.74) is -0.208. The summed E-state index contributed by atoms with van der Waals surface area (Å²) in [5.74, 6) is -1.10. The Hall–Kier alpha value is -1.52. The van der Waals surface area contributed by atoms with Crippen LogP contribution in [0.1, 0.15) is 23.1 Å². The first-order chi connectivity index (χ1) is 7.30. The summed E-state index contributed by atoms with van der Waals surface area (Å²) < 4.78 is 37.8. The number of rotatable bonds is 3. The number of benzene rings is 1. The van der Waals surface area contributed by atoms with Crippen molar-refractivity contribution in [3.8, 4) is 0 Å². The van der Waals surface area contributed by atoms with Crippen LogP contribution in [0, 0.1) is 6.92 Å². The van der Waals surface area contributed by atoms with Gasteiger partial charge in [-0.05, 0) is 25.0 Å². The van der Waals surface area contributed by atoms with Crippen molar-refractivity contribution in [2.75, 3.05) is 0 Å². The van der Waals surface area contributed by atoms with Crippen LogP contribution in [0.4, 0.5) is 13.2 Å². The highest BCUT2D eigenvalue weighted by Gasteiger charge is 2.33. The van der Waals surface area contributed by atoms with Crippen molar-refractivity contribution in [2.45, 2.75) is 25.9 Å². The molecule has 0 saturated heterocycles. The Bertz CT molecular complexity index is 397. The number of hydrogen-bond acceptors (Lipinski definition) is 1. The maximum Gasteiger partial charge on any atom is 0.416 e. The third-order valence-electron chi connectivity index (χ3n) is 2.18. The van der Waals surface area contributed by atoms with Crippen molar-refractivity contribution in [1.82, 2.24) is 0 Å². The molecule has 0 heterocycles. The van der Waals surface area contributed by atoms with Gasteiger partial charge >= 0.3 is 12.1 Å². The molecule has 1 aromatic carbocycles. The lowest BCUT2D eigenvalue weighted by molar-refractivity contribution is -0.140. The fourth-order valence-corrected chi connectivity index (χ4v) is 1.41. The molecular weight excluding hydrogens is 221 g/mol. The van der Waals surface area contributed by atoms with E-state index >= 15 is 0 Å². The third kappa shape index (κ3) is 3.25. The molecule has 0 saturated carbocycles. The molecule has 5 heteroatoms. The lowest BCUT2D eigenvalue weighted by Gasteiger charge is -2.12. The van der Waals surface area contributed by atoms with Crippen molar-refractivity contribution in [2.24, 2.45) is 0 Å². The van der Waals surface area contributed by atoms with Crippen LogP contribution in [0.5, 0.6) is 0 Å². The van der Waals surface area contributed by atoms with Gasteiger partial charge in [-0.1, -0.05) is 17.7 Å². The van der Waals surface area contributed by atoms with E-state index in [1.807, 2.05) is 0 Å². The Labute approximate surface area is 90.7 Å². The van der Waals surface area contributed by atoms with Crippen LogP contribution in [0.2, 0.25) is 0 Å². The van der Waals surface area contributed by atoms with E-state index in [4.69, 9.17) is 5.11 Å². The van der Waals surface area contributed by atoms with Crippen molar-refractivity contribution < 1.29 is 23.1 Å². The number of hydrogen-bond donors (Lipinski definition) is 1. The maximum atomic E-state index is 12.6. The molecule has 0 aliphatic rings. The largest absolute Gasteiger partial charge is 0.481 e. The minimum absolute atomic E-state index is 0.0282. The Balaban J connectivity index is 3.03. The zero-order chi connectivity index (χ0) is 12.3. The molecule has 2 nitrogen and oxygen atoms in total. The summed E-state index contributed by atoms with van der Waals surface area (Å²) in [6.45, 7) is 1.57. The number of carboxylic acids is 1. The Morgan fingerprint density at radius 2 is 2.00 bits per heavy atom. The van der Waals surface area contributed by atoms with Crippen LogP contribution in [0.15, 0.2) is 18.2 Å². The monoisotopic (exact) mass is 232 g/mol. The molecular formula is C11H11F3O2. The first-order valence-electron chi connectivity index (χ1n) is 4.69. The van der Waals surface area contributed by atoms with Gasteiger partial charge in [-0.2, -0.15) is 13.2 Å². The minimum atomic E-state index is -4.43. The first kappa shape index (κ1) is 12.5. The van der Waals surface area contributed by atoms with Gasteiger partial charge in [0, 0.05) is 6.42 Å². The van der Waals surface area contributed by atoms with E-state index < -0.39 is 17.7 Å². The highest BCUT2D eigenvalue weighted by Crippen LogP contribution is 2.33. The molecule has 0 unspecified atom stereocenters. The molecule has 0 bridgehead atoms. The summed E-state index contributed by atoms with van der Waals surface area (Å²) >= 11 is 0. The Morgan fingerprint density at radius 1 is 1.38 bits per heavy atom. The molecule has 88 valence electrons. The van der Waals surface area contributed by atoms with Gasteiger partial charge in [-0.15, -0.1) is 0 Å². The molecule has 1 rings (SSSR count). The smallest absolute Gasteiger partial charge is 0.416 e. The molecule has 0 aliphatic carbocycles. The van der Waals surface area contributed by atoms with Gasteiger partial charge in [0.2, 0.25) is 0 Å². The Morgan fingerprint density at radius 3 is 2.50 bits per heavy atom. The van der Waals surface area contributed by atoms with Gasteiger partial charge in [0.25, 0.3) is 0 Å². The zero-order valence-corrected chi connectivity index (χ0v) is 8.64. The van der Waals surface area contributed by atoms with E-state index in [2.05, 4.69) is 0 Å². The molecule has 0 aromatic heterocycles. The van der Waals surface area contributed by atoms with Crippen LogP contribution >= 0.6 is 0 Å². The third-order valence-corrected chi connectivity index (χ3v) is 2.18. The van der Waals surface area contributed by atoms with Crippen LogP contribution in [-0.4, -0.2) is 11.1 Å². The second-order valence-corrected chi connectivity index (χ2v) is 3.55. The van der Waals surface area contributed by atoms with E-state index in [9.17, 15) is 18.0 Å². The van der Waals surface area contributed by atoms with Crippen molar-refractivity contribution in [3.05, 3.63) is 34.9 Å². The lowest BCUT2D eigenvalue weighted by Crippen LogP contribution is -2.10. The van der Waals surface area contributed by atoms with Gasteiger partial charge in [0.15, 0.2) is 0 Å². The molecule has 0 radical (unpaired) electrons. The predicted octanol–water partition coefficient (Wildman–Crippen LogP) is 3.03. The molecule has 0 spiro atoms. The van der Waals surface area contributed by atoms with Crippen LogP contribution < -0.4 is 0 Å². The predicted molar refractivity (Wildman–Crippen MR) is 52.1 cm³/mol. The van der Waals surface area contributed by atoms with E-state index in [1.165, 1.54) is 6.07 Å². The van der Waals surface area contributed by atoms with Crippen molar-refractivity contribution in [3.63, 3.8) is 0 Å². The quantitative estimate of drug-likeness (QED) is 0.869. The molecule has 0 amide bonds. The average molecular weight is 232 g/mol. The van der Waals surface area contributed by atoms with Gasteiger partial charge < -0.3 is 5.11 Å². The summed E-state index contributed by atoms with van der Waals surface area (Å²) in [6, 6.07) is 3.92. The van der Waals surface area contributed by atoms with Gasteiger partial charge in [-0.25, -0.2) is 0 Å². The van der Waals surface area contributed by atoms with E-state index in [0.29, 0.717) is 5.56 Å². The minimum Gasteiger partial charge on any atom is -0.481 e. The summed E-state index contributed by atoms with van der Waals surface area (Å²) in [7, 11) is 0. The fraction of sp³-hybridized carbons (Fsp3) is 0.364. The van der Waals surface area contributed by atoms with Gasteiger partial charge in [-0.3, -0.25) is 4.79 Å². The molecule has 0 atom stereocenters. The van der Waals surface area contributed by atoms with Crippen LogP contribution in [-0.2, 0) is 17.4 Å². The maximum absolute atomic E-state index is 12.6. The summed E-state index contributed by atoms with van der Waals surface area (Å²) in [5, 5.41) is 8.44. The number of halogens is 3. The molecule has 1 N–H and O–H groups in total. The SMILES string of the molecule is Cc1ccc(CCC(=O)O)c(C(F)(F)F)c1. The van der Waals surface area contributed by atoms with Crippen molar-refractivity contribution in [1.29, 1.82) is 0 Å². The Kier molecular flexibility index (Phi) is 3.57. The molecule has 1 aromatic rings. The van der Waals surface area contributed by atoms with E-state index in [-0.39, 0.29) is 18.4 Å². The molecule has 0 fully saturated rings. The van der Waals surface area contributed by atoms with E-state index in [0.717, 1.165) is 6.07 Å². The van der Waals surface area contributed by atoms with E-state index in [1.54, 1.807) is 13.0 Å². The second kappa shape index (κ2) is 4.55. The number of aryl methyl sites for hydroxylation is 2. The van der Waals surface area contributed by atoms with Crippen LogP contribution in [0.25, 0.3) is 0 Å². The molecule has 16 heavy (non-hydrogen) atoms.